The van der Waals surface area contributed by atoms with Crippen LogP contribution < -0.4 is 15.8 Å². The number of methoxy groups -OCH3 is 2. The zero-order valence-electron chi connectivity index (χ0n) is 12.4. The van der Waals surface area contributed by atoms with Crippen LogP contribution in [0.2, 0.25) is 0 Å². The Morgan fingerprint density at radius 2 is 2.14 bits per heavy atom. The van der Waals surface area contributed by atoms with Gasteiger partial charge in [-0.2, -0.15) is 0 Å². The number of benzene rings is 1. The monoisotopic (exact) mass is 294 g/mol. The number of anilines is 1. The van der Waals surface area contributed by atoms with Crippen LogP contribution >= 0.6 is 0 Å². The molecule has 1 aromatic carbocycles. The summed E-state index contributed by atoms with van der Waals surface area (Å²) in [6, 6.07) is 6.84. The van der Waals surface area contributed by atoms with E-state index in [0.717, 1.165) is 0 Å². The second-order valence-electron chi connectivity index (χ2n) is 4.42. The van der Waals surface area contributed by atoms with Crippen LogP contribution in [0.15, 0.2) is 24.3 Å². The predicted molar refractivity (Wildman–Crippen MR) is 82.0 cm³/mol. The van der Waals surface area contributed by atoms with E-state index in [2.05, 4.69) is 5.32 Å². The Labute approximate surface area is 124 Å². The smallest absolute Gasteiger partial charge is 0.321 e. The molecular formula is C14H22N4O3. The molecule has 0 aliphatic rings. The maximum Gasteiger partial charge on any atom is 0.321 e. The van der Waals surface area contributed by atoms with Crippen molar-refractivity contribution in [3.05, 3.63) is 24.3 Å². The SMILES string of the molecule is COCCN(CCC(=N)N)C(=O)Nc1cccc(OC)c1. The Kier molecular flexibility index (Phi) is 7.03. The van der Waals surface area contributed by atoms with Gasteiger partial charge in [0.2, 0.25) is 0 Å². The van der Waals surface area contributed by atoms with Crippen LogP contribution in [0.25, 0.3) is 0 Å². The minimum atomic E-state index is -0.262. The predicted octanol–water partition coefficient (Wildman–Crippen LogP) is 1.50. The number of carbonyl (C=O) groups excluding carboxylic acids is 1. The van der Waals surface area contributed by atoms with Gasteiger partial charge in [-0.25, -0.2) is 4.79 Å². The maximum atomic E-state index is 12.2. The molecule has 7 heteroatoms. The summed E-state index contributed by atoms with van der Waals surface area (Å²) in [4.78, 5) is 13.8. The largest absolute Gasteiger partial charge is 0.497 e. The number of hydrogen-bond acceptors (Lipinski definition) is 4. The fraction of sp³-hybridized carbons (Fsp3) is 0.429. The van der Waals surface area contributed by atoms with Gasteiger partial charge in [0.1, 0.15) is 5.75 Å². The summed E-state index contributed by atoms with van der Waals surface area (Å²) in [5, 5.41) is 10.0. The standard InChI is InChI=1S/C14H22N4O3/c1-20-9-8-18(7-6-13(15)16)14(19)17-11-4-3-5-12(10-11)21-2/h3-5,10H,6-9H2,1-2H3,(H3,15,16)(H,17,19). The second kappa shape index (κ2) is 8.80. The van der Waals surface area contributed by atoms with E-state index in [1.165, 1.54) is 0 Å². The van der Waals surface area contributed by atoms with Gasteiger partial charge in [-0.1, -0.05) is 6.07 Å². The molecule has 0 heterocycles. The van der Waals surface area contributed by atoms with E-state index < -0.39 is 0 Å². The minimum Gasteiger partial charge on any atom is -0.497 e. The molecule has 1 rings (SSSR count). The first-order chi connectivity index (χ1) is 10.1. The van der Waals surface area contributed by atoms with Crippen molar-refractivity contribution >= 4 is 17.6 Å². The first-order valence-corrected chi connectivity index (χ1v) is 6.58. The molecule has 2 amide bonds. The van der Waals surface area contributed by atoms with Crippen LogP contribution in [0.1, 0.15) is 6.42 Å². The number of amides is 2. The average Bonchev–Trinajstić information content (AvgIpc) is 2.47. The highest BCUT2D eigenvalue weighted by Crippen LogP contribution is 2.17. The third-order valence-electron chi connectivity index (χ3n) is 2.82. The lowest BCUT2D eigenvalue weighted by atomic mass is 10.3. The number of hydrogen-bond donors (Lipinski definition) is 3. The summed E-state index contributed by atoms with van der Waals surface area (Å²) in [6.07, 6.45) is 0.329. The van der Waals surface area contributed by atoms with Crippen molar-refractivity contribution in [3.8, 4) is 5.75 Å². The van der Waals surface area contributed by atoms with Crippen molar-refractivity contribution in [3.63, 3.8) is 0 Å². The van der Waals surface area contributed by atoms with Gasteiger partial charge in [0.05, 0.1) is 19.6 Å². The van der Waals surface area contributed by atoms with Gasteiger partial charge in [0.25, 0.3) is 0 Å². The van der Waals surface area contributed by atoms with Gasteiger partial charge in [-0.3, -0.25) is 5.41 Å². The first-order valence-electron chi connectivity index (χ1n) is 6.58. The van der Waals surface area contributed by atoms with Gasteiger partial charge >= 0.3 is 6.03 Å². The number of ether oxygens (including phenoxy) is 2. The summed E-state index contributed by atoms with van der Waals surface area (Å²) < 4.78 is 10.1. The van der Waals surface area contributed by atoms with Crippen molar-refractivity contribution in [1.82, 2.24) is 4.90 Å². The van der Waals surface area contributed by atoms with Crippen LogP contribution in [0.4, 0.5) is 10.5 Å². The summed E-state index contributed by atoms with van der Waals surface area (Å²) in [7, 11) is 3.14. The highest BCUT2D eigenvalue weighted by atomic mass is 16.5. The normalized spacial score (nSPS) is 10.0. The summed E-state index contributed by atoms with van der Waals surface area (Å²) in [5.41, 5.74) is 5.98. The lowest BCUT2D eigenvalue weighted by Crippen LogP contribution is -2.39. The molecule has 116 valence electrons. The maximum absolute atomic E-state index is 12.2. The van der Waals surface area contributed by atoms with Crippen molar-refractivity contribution in [2.24, 2.45) is 5.73 Å². The molecule has 7 nitrogen and oxygen atoms in total. The van der Waals surface area contributed by atoms with Crippen LogP contribution in [0.5, 0.6) is 5.75 Å². The Bertz CT molecular complexity index is 479. The van der Waals surface area contributed by atoms with Crippen molar-refractivity contribution in [2.45, 2.75) is 6.42 Å². The number of nitrogens with zero attached hydrogens (tertiary/aromatic N) is 1. The number of rotatable bonds is 8. The summed E-state index contributed by atoms with van der Waals surface area (Å²) in [5.74, 6) is 0.714. The molecule has 0 bridgehead atoms. The van der Waals surface area contributed by atoms with Gasteiger partial charge in [0.15, 0.2) is 0 Å². The van der Waals surface area contributed by atoms with Gasteiger partial charge < -0.3 is 25.4 Å². The molecule has 0 atom stereocenters. The van der Waals surface area contributed by atoms with Crippen molar-refractivity contribution < 1.29 is 14.3 Å². The zero-order chi connectivity index (χ0) is 15.7. The molecule has 0 unspecified atom stereocenters. The molecule has 0 fully saturated rings. The molecular weight excluding hydrogens is 272 g/mol. The van der Waals surface area contributed by atoms with Crippen molar-refractivity contribution in [2.75, 3.05) is 39.2 Å². The Morgan fingerprint density at radius 1 is 1.38 bits per heavy atom. The molecule has 21 heavy (non-hydrogen) atoms. The molecule has 0 aromatic heterocycles. The number of nitrogens with one attached hydrogen (secondary N) is 2. The fourth-order valence-corrected chi connectivity index (χ4v) is 1.68. The number of urea groups is 1. The molecule has 1 aromatic rings. The molecule has 0 aliphatic carbocycles. The molecule has 0 aliphatic heterocycles. The van der Waals surface area contributed by atoms with Gasteiger partial charge in [-0.05, 0) is 12.1 Å². The molecule has 0 radical (unpaired) electrons. The zero-order valence-corrected chi connectivity index (χ0v) is 12.4. The summed E-state index contributed by atoms with van der Waals surface area (Å²) in [6.45, 7) is 1.22. The van der Waals surface area contributed by atoms with E-state index in [4.69, 9.17) is 20.6 Å². The van der Waals surface area contributed by atoms with Crippen LogP contribution in [-0.4, -0.2) is 50.7 Å². The molecule has 0 spiro atoms. The van der Waals surface area contributed by atoms with Crippen LogP contribution in [0.3, 0.4) is 0 Å². The quantitative estimate of drug-likeness (QED) is 0.499. The second-order valence-corrected chi connectivity index (χ2v) is 4.42. The number of carbonyl (C=O) groups is 1. The first kappa shape index (κ1) is 16.8. The van der Waals surface area contributed by atoms with E-state index in [0.29, 0.717) is 37.6 Å². The van der Waals surface area contributed by atoms with E-state index in [9.17, 15) is 4.79 Å². The van der Waals surface area contributed by atoms with E-state index in [-0.39, 0.29) is 11.9 Å². The van der Waals surface area contributed by atoms with Crippen molar-refractivity contribution in [1.29, 1.82) is 5.41 Å². The average molecular weight is 294 g/mol. The summed E-state index contributed by atoms with van der Waals surface area (Å²) >= 11 is 0. The molecule has 4 N–H and O–H groups in total. The van der Waals surface area contributed by atoms with Crippen LogP contribution in [-0.2, 0) is 4.74 Å². The fourth-order valence-electron chi connectivity index (χ4n) is 1.68. The van der Waals surface area contributed by atoms with E-state index >= 15 is 0 Å². The highest BCUT2D eigenvalue weighted by molar-refractivity contribution is 5.90. The number of amidine groups is 1. The third kappa shape index (κ3) is 6.13. The van der Waals surface area contributed by atoms with E-state index in [1.54, 1.807) is 43.4 Å². The number of nitrogens with two attached hydrogens (primary N) is 1. The topological polar surface area (TPSA) is 101 Å². The van der Waals surface area contributed by atoms with E-state index in [1.807, 2.05) is 0 Å². The lowest BCUT2D eigenvalue weighted by molar-refractivity contribution is 0.156. The minimum absolute atomic E-state index is 0.0478. The Morgan fingerprint density at radius 3 is 2.76 bits per heavy atom. The molecule has 0 saturated heterocycles. The Hall–Kier alpha value is -2.28. The van der Waals surface area contributed by atoms with Gasteiger partial charge in [0, 0.05) is 38.4 Å². The van der Waals surface area contributed by atoms with Crippen LogP contribution in [0, 0.1) is 5.41 Å². The van der Waals surface area contributed by atoms with Gasteiger partial charge in [-0.15, -0.1) is 0 Å². The Balaban J connectivity index is 2.67. The highest BCUT2D eigenvalue weighted by Gasteiger charge is 2.13. The molecule has 0 saturated carbocycles. The third-order valence-corrected chi connectivity index (χ3v) is 2.82. The lowest BCUT2D eigenvalue weighted by Gasteiger charge is -2.22.